The zero-order valence-corrected chi connectivity index (χ0v) is 5.96. The predicted molar refractivity (Wildman–Crippen MR) is 44.4 cm³/mol. The highest BCUT2D eigenvalue weighted by atomic mass is 14.8. The number of rotatable bonds is 3. The van der Waals surface area contributed by atoms with Gasteiger partial charge in [-0.2, -0.15) is 0 Å². The van der Waals surface area contributed by atoms with E-state index in [-0.39, 0.29) is 0 Å². The van der Waals surface area contributed by atoms with Crippen molar-refractivity contribution in [2.75, 3.05) is 0 Å². The van der Waals surface area contributed by atoms with Gasteiger partial charge in [0.15, 0.2) is 0 Å². The Balaban J connectivity index is 4.51. The number of allylic oxidation sites excluding steroid dienone is 2. The van der Waals surface area contributed by atoms with Crippen LogP contribution in [0.2, 0.25) is 0 Å². The molecule has 0 spiro atoms. The maximum Gasteiger partial charge on any atom is 0.107 e. The third-order valence-electron chi connectivity index (χ3n) is 1.05. The van der Waals surface area contributed by atoms with Crippen LogP contribution in [0.1, 0.15) is 6.92 Å². The van der Waals surface area contributed by atoms with Crippen LogP contribution in [0.4, 0.5) is 0 Å². The first-order valence-corrected chi connectivity index (χ1v) is 2.84. The Labute approximate surface area is 60.5 Å². The standard InChI is InChI=1S/C7H11N3/c1-3-7(10-5-9)6(2)4-8/h3-5,9H,1,8H2,2H3/b6-4+,9-5?,10-7?. The summed E-state index contributed by atoms with van der Waals surface area (Å²) >= 11 is 0. The van der Waals surface area contributed by atoms with Crippen molar-refractivity contribution in [3.63, 3.8) is 0 Å². The monoisotopic (exact) mass is 137 g/mol. The Morgan fingerprint density at radius 1 is 1.70 bits per heavy atom. The fraction of sp³-hybridized carbons (Fsp3) is 0.143. The molecule has 0 fully saturated rings. The summed E-state index contributed by atoms with van der Waals surface area (Å²) in [4.78, 5) is 3.71. The minimum Gasteiger partial charge on any atom is -0.404 e. The van der Waals surface area contributed by atoms with Crippen LogP contribution in [-0.4, -0.2) is 12.1 Å². The molecule has 3 heteroatoms. The Kier molecular flexibility index (Phi) is 3.87. The fourth-order valence-electron chi connectivity index (χ4n) is 0.470. The van der Waals surface area contributed by atoms with E-state index in [1.54, 1.807) is 6.08 Å². The molecule has 0 aromatic heterocycles. The summed E-state index contributed by atoms with van der Waals surface area (Å²) in [6.45, 7) is 5.33. The van der Waals surface area contributed by atoms with Gasteiger partial charge in [-0.05, 0) is 24.8 Å². The Morgan fingerprint density at radius 3 is 2.60 bits per heavy atom. The van der Waals surface area contributed by atoms with Crippen molar-refractivity contribution in [2.45, 2.75) is 6.92 Å². The van der Waals surface area contributed by atoms with E-state index < -0.39 is 0 Å². The topological polar surface area (TPSA) is 62.2 Å². The van der Waals surface area contributed by atoms with E-state index in [2.05, 4.69) is 11.6 Å². The van der Waals surface area contributed by atoms with E-state index in [1.807, 2.05) is 6.92 Å². The SMILES string of the molecule is C=CC(=NC=N)/C(C)=C/N. The molecule has 54 valence electrons. The fourth-order valence-corrected chi connectivity index (χ4v) is 0.470. The molecule has 0 heterocycles. The summed E-state index contributed by atoms with van der Waals surface area (Å²) in [5.74, 6) is 0. The molecule has 0 amide bonds. The van der Waals surface area contributed by atoms with E-state index >= 15 is 0 Å². The molecule has 0 aliphatic carbocycles. The molecule has 3 N–H and O–H groups in total. The summed E-state index contributed by atoms with van der Waals surface area (Å²) in [6, 6.07) is 0. The van der Waals surface area contributed by atoms with Crippen LogP contribution < -0.4 is 5.73 Å². The second-order valence-electron chi connectivity index (χ2n) is 1.70. The molecule has 0 aromatic rings. The summed E-state index contributed by atoms with van der Waals surface area (Å²) in [7, 11) is 0. The van der Waals surface area contributed by atoms with Gasteiger partial charge in [0.2, 0.25) is 0 Å². The molecule has 0 unspecified atom stereocenters. The van der Waals surface area contributed by atoms with Crippen molar-refractivity contribution in [1.29, 1.82) is 5.41 Å². The first kappa shape index (κ1) is 8.62. The molecular formula is C7H11N3. The van der Waals surface area contributed by atoms with Gasteiger partial charge in [-0.25, -0.2) is 4.99 Å². The smallest absolute Gasteiger partial charge is 0.107 e. The van der Waals surface area contributed by atoms with Crippen LogP contribution in [0.15, 0.2) is 29.4 Å². The van der Waals surface area contributed by atoms with Crippen molar-refractivity contribution in [3.05, 3.63) is 24.4 Å². The summed E-state index contributed by atoms with van der Waals surface area (Å²) in [5.41, 5.74) is 6.67. The maximum atomic E-state index is 6.68. The molecule has 0 aliphatic heterocycles. The van der Waals surface area contributed by atoms with Gasteiger partial charge >= 0.3 is 0 Å². The lowest BCUT2D eigenvalue weighted by atomic mass is 10.2. The lowest BCUT2D eigenvalue weighted by Gasteiger charge is -1.95. The Morgan fingerprint density at radius 2 is 2.30 bits per heavy atom. The van der Waals surface area contributed by atoms with E-state index in [1.165, 1.54) is 6.20 Å². The molecule has 0 bridgehead atoms. The van der Waals surface area contributed by atoms with Gasteiger partial charge in [0.25, 0.3) is 0 Å². The minimum atomic E-state index is 0.637. The van der Waals surface area contributed by atoms with Crippen molar-refractivity contribution in [3.8, 4) is 0 Å². The lowest BCUT2D eigenvalue weighted by Crippen LogP contribution is -1.98. The number of nitrogens with two attached hydrogens (primary N) is 1. The van der Waals surface area contributed by atoms with Crippen LogP contribution in [-0.2, 0) is 0 Å². The van der Waals surface area contributed by atoms with Gasteiger partial charge < -0.3 is 5.73 Å². The number of aliphatic imine (C=N–C) groups is 1. The molecular weight excluding hydrogens is 126 g/mol. The molecule has 10 heavy (non-hydrogen) atoms. The highest BCUT2D eigenvalue weighted by Gasteiger charge is 1.92. The van der Waals surface area contributed by atoms with Gasteiger partial charge in [-0.1, -0.05) is 6.58 Å². The molecule has 3 nitrogen and oxygen atoms in total. The first-order chi connectivity index (χ1) is 4.76. The highest BCUT2D eigenvalue weighted by Crippen LogP contribution is 1.94. The average Bonchev–Trinajstić information content (AvgIpc) is 1.99. The molecule has 0 saturated carbocycles. The number of nitrogens with zero attached hydrogens (tertiary/aromatic N) is 1. The Hall–Kier alpha value is -1.38. The van der Waals surface area contributed by atoms with E-state index in [0.717, 1.165) is 11.9 Å². The van der Waals surface area contributed by atoms with Crippen LogP contribution in [0, 0.1) is 5.41 Å². The minimum absolute atomic E-state index is 0.637. The molecule has 0 aromatic carbocycles. The third kappa shape index (κ3) is 2.26. The molecule has 0 atom stereocenters. The maximum absolute atomic E-state index is 6.68. The highest BCUT2D eigenvalue weighted by molar-refractivity contribution is 6.10. The lowest BCUT2D eigenvalue weighted by molar-refractivity contribution is 1.45. The van der Waals surface area contributed by atoms with Crippen LogP contribution in [0.25, 0.3) is 0 Å². The second kappa shape index (κ2) is 4.49. The Bertz CT molecular complexity index is 189. The van der Waals surface area contributed by atoms with E-state index in [0.29, 0.717) is 5.71 Å². The largest absolute Gasteiger partial charge is 0.404 e. The van der Waals surface area contributed by atoms with Crippen molar-refractivity contribution in [1.82, 2.24) is 0 Å². The van der Waals surface area contributed by atoms with Crippen LogP contribution in [0.3, 0.4) is 0 Å². The quantitative estimate of drug-likeness (QED) is 0.443. The van der Waals surface area contributed by atoms with E-state index in [4.69, 9.17) is 11.1 Å². The predicted octanol–water partition coefficient (Wildman–Crippen LogP) is 1.08. The van der Waals surface area contributed by atoms with E-state index in [9.17, 15) is 0 Å². The number of hydrogen-bond acceptors (Lipinski definition) is 2. The summed E-state index contributed by atoms with van der Waals surface area (Å²) in [6.07, 6.45) is 3.96. The molecule has 0 radical (unpaired) electrons. The van der Waals surface area contributed by atoms with Gasteiger partial charge in [0.1, 0.15) is 6.34 Å². The van der Waals surface area contributed by atoms with Gasteiger partial charge in [0, 0.05) is 0 Å². The zero-order chi connectivity index (χ0) is 7.98. The van der Waals surface area contributed by atoms with Crippen molar-refractivity contribution >= 4 is 12.1 Å². The van der Waals surface area contributed by atoms with Crippen molar-refractivity contribution in [2.24, 2.45) is 10.7 Å². The normalized spacial score (nSPS) is 12.9. The second-order valence-corrected chi connectivity index (χ2v) is 1.70. The zero-order valence-electron chi connectivity index (χ0n) is 5.96. The van der Waals surface area contributed by atoms with Gasteiger partial charge in [-0.15, -0.1) is 0 Å². The molecule has 0 rings (SSSR count). The number of hydrogen-bond donors (Lipinski definition) is 2. The first-order valence-electron chi connectivity index (χ1n) is 2.84. The van der Waals surface area contributed by atoms with Gasteiger partial charge in [-0.3, -0.25) is 5.41 Å². The summed E-state index contributed by atoms with van der Waals surface area (Å²) < 4.78 is 0. The molecule has 0 aliphatic rings. The number of nitrogens with one attached hydrogen (secondary N) is 1. The summed E-state index contributed by atoms with van der Waals surface area (Å²) in [5, 5.41) is 6.68. The van der Waals surface area contributed by atoms with Gasteiger partial charge in [0.05, 0.1) is 5.71 Å². The van der Waals surface area contributed by atoms with Crippen LogP contribution in [0.5, 0.6) is 0 Å². The average molecular weight is 137 g/mol. The molecule has 0 saturated heterocycles. The third-order valence-corrected chi connectivity index (χ3v) is 1.05. The van der Waals surface area contributed by atoms with Crippen LogP contribution >= 0.6 is 0 Å². The van der Waals surface area contributed by atoms with Crippen molar-refractivity contribution < 1.29 is 0 Å².